The lowest BCUT2D eigenvalue weighted by Crippen LogP contribution is -2.57. The molecule has 2 rings (SSSR count). The van der Waals surface area contributed by atoms with Gasteiger partial charge in [0, 0.05) is 26.2 Å². The van der Waals surface area contributed by atoms with E-state index < -0.39 is 35.7 Å². The highest BCUT2D eigenvalue weighted by molar-refractivity contribution is 7.88. The summed E-state index contributed by atoms with van der Waals surface area (Å²) < 4.78 is 53.6. The van der Waals surface area contributed by atoms with Gasteiger partial charge in [0.25, 0.3) is 0 Å². The number of piperazine rings is 2. The number of hydrogen-bond acceptors (Lipinski definition) is 6. The second kappa shape index (κ2) is 6.80. The van der Waals surface area contributed by atoms with Crippen LogP contribution in [0.4, 0.5) is 0 Å². The van der Waals surface area contributed by atoms with Crippen LogP contribution in [0.5, 0.6) is 0 Å². The SMILES string of the molecule is CS(=O)(=O)N1CC[N]([AlH][N]2CCN(S(C)(=O)=O)CC2)CC1. The lowest BCUT2D eigenvalue weighted by molar-refractivity contribution is 0.234. The Labute approximate surface area is 133 Å². The summed E-state index contributed by atoms with van der Waals surface area (Å²) in [6, 6.07) is 0. The predicted octanol–water partition coefficient (Wildman–Crippen LogP) is -2.59. The molecule has 0 bridgehead atoms. The molecule has 11 heteroatoms. The summed E-state index contributed by atoms with van der Waals surface area (Å²) in [6.45, 7) is 5.39. The van der Waals surface area contributed by atoms with E-state index in [0.717, 1.165) is 26.2 Å². The Morgan fingerprint density at radius 2 is 0.905 bits per heavy atom. The third kappa shape index (κ3) is 5.14. The van der Waals surface area contributed by atoms with Crippen molar-refractivity contribution in [2.75, 3.05) is 64.9 Å². The molecular formula is C10H23AlN4O4S2. The van der Waals surface area contributed by atoms with Gasteiger partial charge >= 0.3 is 15.7 Å². The molecule has 0 aromatic heterocycles. The number of sulfonamides is 2. The molecule has 0 radical (unpaired) electrons. The molecule has 2 heterocycles. The van der Waals surface area contributed by atoms with Crippen molar-refractivity contribution in [3.05, 3.63) is 0 Å². The maximum Gasteiger partial charge on any atom is 0.463 e. The van der Waals surface area contributed by atoms with Crippen LogP contribution in [-0.2, 0) is 20.0 Å². The van der Waals surface area contributed by atoms with Crippen LogP contribution in [0.15, 0.2) is 0 Å². The highest BCUT2D eigenvalue weighted by Gasteiger charge is 2.28. The van der Waals surface area contributed by atoms with Crippen molar-refractivity contribution in [1.29, 1.82) is 0 Å². The third-order valence-corrected chi connectivity index (χ3v) is 8.67. The second-order valence-corrected chi connectivity index (χ2v) is 11.7. The molecular weight excluding hydrogens is 331 g/mol. The van der Waals surface area contributed by atoms with Gasteiger partial charge in [0.05, 0.1) is 12.5 Å². The Kier molecular flexibility index (Phi) is 5.71. The Morgan fingerprint density at radius 1 is 0.619 bits per heavy atom. The zero-order chi connectivity index (χ0) is 15.7. The molecule has 0 unspecified atom stereocenters. The second-order valence-electron chi connectivity index (χ2n) is 5.70. The van der Waals surface area contributed by atoms with Gasteiger partial charge in [0.1, 0.15) is 0 Å². The zero-order valence-electron chi connectivity index (χ0n) is 12.6. The van der Waals surface area contributed by atoms with Gasteiger partial charge in [0.15, 0.2) is 0 Å². The molecule has 2 aliphatic heterocycles. The summed E-state index contributed by atoms with van der Waals surface area (Å²) in [5, 5.41) is 0. The zero-order valence-corrected chi connectivity index (χ0v) is 15.6. The Morgan fingerprint density at radius 3 is 1.14 bits per heavy atom. The molecule has 2 aliphatic rings. The standard InChI is InChI=1S/2C5H11N2O2S.Al.H/c2*1-10(8,9)7-4-2-6-3-5-7;;/h2*2-5H2,1H3;;/q2*-1;+2;. The van der Waals surface area contributed by atoms with Gasteiger partial charge in [-0.05, 0) is 26.2 Å². The first kappa shape index (κ1) is 17.6. The van der Waals surface area contributed by atoms with E-state index in [1.807, 2.05) is 0 Å². The minimum Gasteiger partial charge on any atom is -0.372 e. The smallest absolute Gasteiger partial charge is 0.372 e. The molecule has 2 saturated heterocycles. The van der Waals surface area contributed by atoms with Gasteiger partial charge in [-0.2, -0.15) is 8.61 Å². The molecule has 0 saturated carbocycles. The largest absolute Gasteiger partial charge is 0.463 e. The molecule has 0 atom stereocenters. The summed E-state index contributed by atoms with van der Waals surface area (Å²) in [5.74, 6) is 0. The highest BCUT2D eigenvalue weighted by Crippen LogP contribution is 2.09. The monoisotopic (exact) mass is 354 g/mol. The molecule has 0 amide bonds. The van der Waals surface area contributed by atoms with Gasteiger partial charge in [-0.3, -0.25) is 0 Å². The fraction of sp³-hybridized carbons (Fsp3) is 1.00. The average Bonchev–Trinajstić information content (AvgIpc) is 2.38. The van der Waals surface area contributed by atoms with Crippen molar-refractivity contribution in [2.24, 2.45) is 0 Å². The fourth-order valence-electron chi connectivity index (χ4n) is 2.69. The van der Waals surface area contributed by atoms with Gasteiger partial charge < -0.3 is 7.77 Å². The molecule has 8 nitrogen and oxygen atoms in total. The summed E-state index contributed by atoms with van der Waals surface area (Å²) in [7, 11) is -6.14. The minimum atomic E-state index is -3.07. The maximum atomic E-state index is 11.5. The first-order chi connectivity index (χ1) is 9.66. The summed E-state index contributed by atoms with van der Waals surface area (Å²) >= 11 is -0.589. The third-order valence-electron chi connectivity index (χ3n) is 4.00. The topological polar surface area (TPSA) is 81.2 Å². The summed E-state index contributed by atoms with van der Waals surface area (Å²) in [5.41, 5.74) is 0. The van der Waals surface area contributed by atoms with Crippen LogP contribution in [0.2, 0.25) is 0 Å². The maximum absolute atomic E-state index is 11.5. The van der Waals surface area contributed by atoms with Crippen LogP contribution >= 0.6 is 0 Å². The molecule has 0 aliphatic carbocycles. The Hall–Kier alpha value is 0.272. The van der Waals surface area contributed by atoms with Crippen molar-refractivity contribution in [1.82, 2.24) is 16.4 Å². The highest BCUT2D eigenvalue weighted by atomic mass is 32.2. The van der Waals surface area contributed by atoms with E-state index in [2.05, 4.69) is 7.77 Å². The molecule has 0 N–H and O–H groups in total. The molecule has 21 heavy (non-hydrogen) atoms. The van der Waals surface area contributed by atoms with E-state index in [4.69, 9.17) is 0 Å². The lowest BCUT2D eigenvalue weighted by Gasteiger charge is -2.39. The van der Waals surface area contributed by atoms with Crippen molar-refractivity contribution in [3.8, 4) is 0 Å². The quantitative estimate of drug-likeness (QED) is 0.516. The molecule has 122 valence electrons. The summed E-state index contributed by atoms with van der Waals surface area (Å²) in [4.78, 5) is 0. The van der Waals surface area contributed by atoms with E-state index in [1.165, 1.54) is 21.1 Å². The lowest BCUT2D eigenvalue weighted by atomic mass is 10.4. The van der Waals surface area contributed by atoms with Crippen molar-refractivity contribution >= 4 is 35.7 Å². The van der Waals surface area contributed by atoms with Crippen LogP contribution in [0.1, 0.15) is 0 Å². The minimum absolute atomic E-state index is 0.565. The Bertz CT molecular complexity index is 502. The first-order valence-electron chi connectivity index (χ1n) is 7.01. The van der Waals surface area contributed by atoms with Gasteiger partial charge in [0.2, 0.25) is 20.0 Å². The summed E-state index contributed by atoms with van der Waals surface area (Å²) in [6.07, 6.45) is 2.51. The fourth-order valence-corrected chi connectivity index (χ4v) is 6.04. The molecule has 2 fully saturated rings. The predicted molar refractivity (Wildman–Crippen MR) is 83.1 cm³/mol. The number of nitrogens with zero attached hydrogens (tertiary/aromatic N) is 4. The molecule has 0 aromatic rings. The van der Waals surface area contributed by atoms with E-state index >= 15 is 0 Å². The number of rotatable bonds is 4. The van der Waals surface area contributed by atoms with Crippen LogP contribution in [0.25, 0.3) is 0 Å². The van der Waals surface area contributed by atoms with Gasteiger partial charge in [-0.1, -0.05) is 0 Å². The number of hydrogen-bond donors (Lipinski definition) is 0. The van der Waals surface area contributed by atoms with Crippen LogP contribution in [0.3, 0.4) is 0 Å². The van der Waals surface area contributed by atoms with Crippen LogP contribution in [0, 0.1) is 0 Å². The van der Waals surface area contributed by atoms with Crippen LogP contribution in [-0.4, -0.2) is 114 Å². The average molecular weight is 354 g/mol. The van der Waals surface area contributed by atoms with Crippen molar-refractivity contribution in [3.63, 3.8) is 0 Å². The molecule has 0 spiro atoms. The Balaban J connectivity index is 1.76. The van der Waals surface area contributed by atoms with Gasteiger partial charge in [-0.25, -0.2) is 16.8 Å². The first-order valence-corrected chi connectivity index (χ1v) is 12.0. The van der Waals surface area contributed by atoms with E-state index in [9.17, 15) is 16.8 Å². The van der Waals surface area contributed by atoms with E-state index in [1.54, 1.807) is 0 Å². The van der Waals surface area contributed by atoms with Gasteiger partial charge in [-0.15, -0.1) is 0 Å². The van der Waals surface area contributed by atoms with E-state index in [-0.39, 0.29) is 0 Å². The van der Waals surface area contributed by atoms with Crippen LogP contribution < -0.4 is 0 Å². The normalized spacial score (nSPS) is 25.0. The van der Waals surface area contributed by atoms with E-state index in [0.29, 0.717) is 26.2 Å². The van der Waals surface area contributed by atoms with Crippen molar-refractivity contribution < 1.29 is 16.8 Å². The van der Waals surface area contributed by atoms with Crippen molar-refractivity contribution in [2.45, 2.75) is 0 Å². The molecule has 0 aromatic carbocycles.